The Kier molecular flexibility index (Phi) is 4.71. The van der Waals surface area contributed by atoms with E-state index in [9.17, 15) is 9.90 Å². The molecule has 28 heavy (non-hydrogen) atoms. The molecular formula is C21H16ClN3O3. The number of halogens is 1. The van der Waals surface area contributed by atoms with Gasteiger partial charge in [-0.15, -0.1) is 0 Å². The molecule has 1 heterocycles. The van der Waals surface area contributed by atoms with Crippen LogP contribution in [0.3, 0.4) is 0 Å². The van der Waals surface area contributed by atoms with Gasteiger partial charge >= 0.3 is 6.09 Å². The molecule has 0 atom stereocenters. The van der Waals surface area contributed by atoms with Gasteiger partial charge in [0.2, 0.25) is 5.95 Å². The highest BCUT2D eigenvalue weighted by Crippen LogP contribution is 2.24. The Morgan fingerprint density at radius 1 is 1.07 bits per heavy atom. The van der Waals surface area contributed by atoms with Crippen LogP contribution in [0.25, 0.3) is 27.6 Å². The van der Waals surface area contributed by atoms with Crippen molar-refractivity contribution in [2.75, 3.05) is 11.9 Å². The molecule has 0 saturated carbocycles. The molecule has 0 saturated heterocycles. The van der Waals surface area contributed by atoms with E-state index in [-0.39, 0.29) is 18.3 Å². The number of ether oxygens (including phenoxy) is 1. The molecule has 0 spiro atoms. The van der Waals surface area contributed by atoms with Gasteiger partial charge in [-0.1, -0.05) is 23.7 Å². The quantitative estimate of drug-likeness (QED) is 0.537. The molecule has 6 nitrogen and oxygen atoms in total. The molecule has 0 unspecified atom stereocenters. The highest BCUT2D eigenvalue weighted by atomic mass is 35.5. The Morgan fingerprint density at radius 3 is 2.50 bits per heavy atom. The number of carbonyl (C=O) groups is 1. The number of aromatic nitrogens is 2. The molecule has 3 aromatic carbocycles. The van der Waals surface area contributed by atoms with Gasteiger partial charge in [-0.05, 0) is 54.8 Å². The van der Waals surface area contributed by atoms with Crippen LogP contribution in [-0.4, -0.2) is 27.8 Å². The minimum atomic E-state index is -0.606. The number of hydrogen-bond donors (Lipinski definition) is 2. The number of aliphatic hydroxyl groups excluding tert-OH is 1. The molecule has 7 heteroatoms. The fraction of sp³-hybridized carbons (Fsp3) is 0.0952. The first-order valence-corrected chi connectivity index (χ1v) is 9.07. The van der Waals surface area contributed by atoms with Crippen LogP contribution in [0.5, 0.6) is 0 Å². The van der Waals surface area contributed by atoms with Crippen molar-refractivity contribution >= 4 is 51.2 Å². The minimum Gasteiger partial charge on any atom is -0.507 e. The molecule has 1 amide bonds. The fourth-order valence-electron chi connectivity index (χ4n) is 3.09. The van der Waals surface area contributed by atoms with E-state index in [0.29, 0.717) is 26.8 Å². The third-order valence-electron chi connectivity index (χ3n) is 4.31. The number of anilines is 1. The van der Waals surface area contributed by atoms with E-state index in [2.05, 4.69) is 15.3 Å². The summed E-state index contributed by atoms with van der Waals surface area (Å²) in [6.07, 6.45) is -0.606. The van der Waals surface area contributed by atoms with Crippen LogP contribution in [0, 0.1) is 0 Å². The van der Waals surface area contributed by atoms with Crippen LogP contribution < -0.4 is 10.5 Å². The maximum Gasteiger partial charge on any atom is 0.414 e. The molecule has 0 radical (unpaired) electrons. The SMILES string of the molecule is CCOC(=O)Nc1nc2cccc3c(=C(O)c4ccc(Cl)cc4)ccc(n1)c23. The van der Waals surface area contributed by atoms with Crippen LogP contribution in [0.2, 0.25) is 5.02 Å². The smallest absolute Gasteiger partial charge is 0.414 e. The van der Waals surface area contributed by atoms with Crippen molar-refractivity contribution in [1.29, 1.82) is 0 Å². The van der Waals surface area contributed by atoms with E-state index in [1.54, 1.807) is 43.3 Å². The molecule has 1 aromatic heterocycles. The first-order chi connectivity index (χ1) is 13.6. The Labute approximate surface area is 165 Å². The van der Waals surface area contributed by atoms with Crippen molar-refractivity contribution < 1.29 is 14.6 Å². The largest absolute Gasteiger partial charge is 0.507 e. The van der Waals surface area contributed by atoms with Crippen molar-refractivity contribution in [3.63, 3.8) is 0 Å². The lowest BCUT2D eigenvalue weighted by molar-refractivity contribution is 0.167. The monoisotopic (exact) mass is 393 g/mol. The second-order valence-electron chi connectivity index (χ2n) is 6.08. The summed E-state index contributed by atoms with van der Waals surface area (Å²) in [6.45, 7) is 1.98. The van der Waals surface area contributed by atoms with Crippen molar-refractivity contribution in [3.8, 4) is 0 Å². The number of nitrogens with zero attached hydrogens (tertiary/aromatic N) is 2. The van der Waals surface area contributed by atoms with E-state index in [1.807, 2.05) is 18.2 Å². The van der Waals surface area contributed by atoms with Gasteiger partial charge in [0.1, 0.15) is 5.76 Å². The molecule has 0 aliphatic heterocycles. The number of rotatable bonds is 3. The van der Waals surface area contributed by atoms with Gasteiger partial charge in [0.15, 0.2) is 0 Å². The van der Waals surface area contributed by atoms with Crippen molar-refractivity contribution in [2.24, 2.45) is 0 Å². The highest BCUT2D eigenvalue weighted by Gasteiger charge is 2.12. The lowest BCUT2D eigenvalue weighted by atomic mass is 10.0. The second-order valence-corrected chi connectivity index (χ2v) is 6.52. The van der Waals surface area contributed by atoms with Gasteiger partial charge in [0.05, 0.1) is 17.6 Å². The first-order valence-electron chi connectivity index (χ1n) is 8.69. The fourth-order valence-corrected chi connectivity index (χ4v) is 3.22. The molecular weight excluding hydrogens is 378 g/mol. The zero-order valence-corrected chi connectivity index (χ0v) is 15.7. The first kappa shape index (κ1) is 18.0. The topological polar surface area (TPSA) is 84.3 Å². The average Bonchev–Trinajstić information content (AvgIpc) is 2.68. The number of carbonyl (C=O) groups excluding carboxylic acids is 1. The zero-order valence-electron chi connectivity index (χ0n) is 14.9. The number of nitrogens with one attached hydrogen (secondary N) is 1. The summed E-state index contributed by atoms with van der Waals surface area (Å²) in [5.74, 6) is 0.303. The number of amides is 1. The summed E-state index contributed by atoms with van der Waals surface area (Å²) in [5.41, 5.74) is 1.96. The van der Waals surface area contributed by atoms with E-state index < -0.39 is 6.09 Å². The normalized spacial score (nSPS) is 12.2. The van der Waals surface area contributed by atoms with Gasteiger partial charge in [-0.25, -0.2) is 14.8 Å². The van der Waals surface area contributed by atoms with Crippen LogP contribution in [0.15, 0.2) is 54.6 Å². The summed E-state index contributed by atoms with van der Waals surface area (Å²) in [5, 5.41) is 16.2. The van der Waals surface area contributed by atoms with Gasteiger partial charge in [-0.3, -0.25) is 5.32 Å². The van der Waals surface area contributed by atoms with E-state index in [1.165, 1.54) is 0 Å². The van der Waals surface area contributed by atoms with Crippen LogP contribution in [0.4, 0.5) is 10.7 Å². The van der Waals surface area contributed by atoms with E-state index in [4.69, 9.17) is 16.3 Å². The van der Waals surface area contributed by atoms with Crippen molar-refractivity contribution in [1.82, 2.24) is 9.97 Å². The highest BCUT2D eigenvalue weighted by molar-refractivity contribution is 6.30. The minimum absolute atomic E-state index is 0.139. The van der Waals surface area contributed by atoms with Crippen molar-refractivity contribution in [2.45, 2.75) is 6.92 Å². The molecule has 2 N–H and O–H groups in total. The summed E-state index contributed by atoms with van der Waals surface area (Å²) in [6, 6.07) is 16.1. The Balaban J connectivity index is 1.91. The Morgan fingerprint density at radius 2 is 1.79 bits per heavy atom. The molecule has 0 aliphatic carbocycles. The summed E-state index contributed by atoms with van der Waals surface area (Å²) in [4.78, 5) is 20.5. The zero-order chi connectivity index (χ0) is 19.7. The third kappa shape index (κ3) is 3.30. The number of aliphatic hydroxyl groups is 1. The third-order valence-corrected chi connectivity index (χ3v) is 4.56. The Bertz CT molecular complexity index is 1220. The van der Waals surface area contributed by atoms with Crippen LogP contribution in [-0.2, 0) is 4.74 Å². The lowest BCUT2D eigenvalue weighted by Gasteiger charge is -2.10. The van der Waals surface area contributed by atoms with Crippen molar-refractivity contribution in [3.05, 3.63) is 70.4 Å². The van der Waals surface area contributed by atoms with E-state index in [0.717, 1.165) is 10.8 Å². The predicted octanol–water partition coefficient (Wildman–Crippen LogP) is 4.44. The molecule has 0 fully saturated rings. The summed E-state index contributed by atoms with van der Waals surface area (Å²) >= 11 is 5.94. The molecule has 0 aliphatic rings. The number of benzene rings is 3. The summed E-state index contributed by atoms with van der Waals surface area (Å²) in [7, 11) is 0. The maximum absolute atomic E-state index is 11.7. The average molecular weight is 394 g/mol. The van der Waals surface area contributed by atoms with Gasteiger partial charge in [-0.2, -0.15) is 0 Å². The van der Waals surface area contributed by atoms with Gasteiger partial charge < -0.3 is 9.84 Å². The molecule has 0 bridgehead atoms. The molecule has 4 rings (SSSR count). The molecule has 140 valence electrons. The standard InChI is InChI=1S/C21H16ClN3O3/c1-2-28-21(27)25-20-23-16-5-3-4-14-15(10-11-17(24-20)18(14)16)19(26)12-6-8-13(22)9-7-12/h3-11,26H,2H2,1H3,(H,23,24,25,27). The second kappa shape index (κ2) is 7.32. The summed E-state index contributed by atoms with van der Waals surface area (Å²) < 4.78 is 4.88. The van der Waals surface area contributed by atoms with Crippen LogP contribution in [0.1, 0.15) is 12.5 Å². The van der Waals surface area contributed by atoms with Crippen LogP contribution >= 0.6 is 11.6 Å². The predicted molar refractivity (Wildman–Crippen MR) is 109 cm³/mol. The molecule has 4 aromatic rings. The maximum atomic E-state index is 11.7. The Hall–Kier alpha value is -3.38. The lowest BCUT2D eigenvalue weighted by Crippen LogP contribution is -2.16. The van der Waals surface area contributed by atoms with Gasteiger partial charge in [0.25, 0.3) is 0 Å². The number of hydrogen-bond acceptors (Lipinski definition) is 5. The van der Waals surface area contributed by atoms with Gasteiger partial charge in [0, 0.05) is 21.2 Å². The van der Waals surface area contributed by atoms with E-state index >= 15 is 0 Å².